The Bertz CT molecular complexity index is 961. The molecule has 2 aliphatic rings. The maximum Gasteiger partial charge on any atom is 0.217 e. The fourth-order valence-corrected chi connectivity index (χ4v) is 5.09. The Balaban J connectivity index is 1.19. The van der Waals surface area contributed by atoms with Crippen LogP contribution in [0.3, 0.4) is 0 Å². The van der Waals surface area contributed by atoms with Crippen LogP contribution >= 0.6 is 11.3 Å². The van der Waals surface area contributed by atoms with Crippen molar-refractivity contribution in [3.05, 3.63) is 60.5 Å². The van der Waals surface area contributed by atoms with Crippen molar-refractivity contribution in [2.75, 3.05) is 11.9 Å². The van der Waals surface area contributed by atoms with Crippen LogP contribution in [0.2, 0.25) is 0 Å². The normalized spacial score (nSPS) is 24.2. The number of anilines is 1. The third kappa shape index (κ3) is 4.22. The van der Waals surface area contributed by atoms with Crippen molar-refractivity contribution in [1.82, 2.24) is 9.97 Å². The van der Waals surface area contributed by atoms with Gasteiger partial charge in [0.05, 0.1) is 23.1 Å². The van der Waals surface area contributed by atoms with E-state index in [0.29, 0.717) is 12.0 Å². The zero-order chi connectivity index (χ0) is 19.5. The Morgan fingerprint density at radius 1 is 1.03 bits per heavy atom. The molecule has 0 amide bonds. The number of ether oxygens (including phenoxy) is 2. The first kappa shape index (κ1) is 18.4. The second kappa shape index (κ2) is 8.41. The SMILES string of the molecule is C1=CC(c2cccnc2O[C@H]2CC[C@H](Nc3nc4ccccc4s3)CC2)CCO1. The lowest BCUT2D eigenvalue weighted by molar-refractivity contribution is 0.141. The summed E-state index contributed by atoms with van der Waals surface area (Å²) in [4.78, 5) is 9.24. The van der Waals surface area contributed by atoms with E-state index in [-0.39, 0.29) is 6.10 Å². The largest absolute Gasteiger partial charge is 0.501 e. The minimum absolute atomic E-state index is 0.223. The van der Waals surface area contributed by atoms with E-state index in [9.17, 15) is 0 Å². The lowest BCUT2D eigenvalue weighted by atomic mass is 9.92. The molecule has 3 heterocycles. The van der Waals surface area contributed by atoms with Gasteiger partial charge in [0.1, 0.15) is 6.10 Å². The number of hydrogen-bond acceptors (Lipinski definition) is 6. The van der Waals surface area contributed by atoms with Gasteiger partial charge in [-0.2, -0.15) is 0 Å². The minimum Gasteiger partial charge on any atom is -0.501 e. The van der Waals surface area contributed by atoms with Gasteiger partial charge in [0, 0.05) is 23.7 Å². The highest BCUT2D eigenvalue weighted by Crippen LogP contribution is 2.33. The molecule has 1 aliphatic carbocycles. The Kier molecular flexibility index (Phi) is 5.35. The molecule has 0 radical (unpaired) electrons. The maximum absolute atomic E-state index is 6.36. The van der Waals surface area contributed by atoms with Crippen LogP contribution in [-0.4, -0.2) is 28.7 Å². The Hall–Kier alpha value is -2.60. The number of hydrogen-bond donors (Lipinski definition) is 1. The number of pyridine rings is 1. The summed E-state index contributed by atoms with van der Waals surface area (Å²) in [7, 11) is 0. The first-order chi connectivity index (χ1) is 14.3. The first-order valence-corrected chi connectivity index (χ1v) is 11.2. The van der Waals surface area contributed by atoms with Gasteiger partial charge in [0.2, 0.25) is 5.88 Å². The molecule has 6 heteroatoms. The number of allylic oxidation sites excluding steroid dienone is 1. The summed E-state index contributed by atoms with van der Waals surface area (Å²) < 4.78 is 12.9. The van der Waals surface area contributed by atoms with Crippen molar-refractivity contribution in [3.63, 3.8) is 0 Å². The smallest absolute Gasteiger partial charge is 0.217 e. The van der Waals surface area contributed by atoms with E-state index in [0.717, 1.165) is 55.2 Å². The van der Waals surface area contributed by atoms with Crippen molar-refractivity contribution in [2.24, 2.45) is 0 Å². The van der Waals surface area contributed by atoms with Crippen molar-refractivity contribution in [2.45, 2.75) is 50.2 Å². The summed E-state index contributed by atoms with van der Waals surface area (Å²) in [5.41, 5.74) is 2.24. The number of benzene rings is 1. The Morgan fingerprint density at radius 3 is 2.76 bits per heavy atom. The molecular formula is C23H25N3O2S. The molecule has 1 atom stereocenters. The molecule has 3 aromatic rings. The van der Waals surface area contributed by atoms with Crippen LogP contribution in [0.25, 0.3) is 10.2 Å². The molecule has 1 aliphatic heterocycles. The fraction of sp³-hybridized carbons (Fsp3) is 0.391. The second-order valence-electron chi connectivity index (χ2n) is 7.71. The van der Waals surface area contributed by atoms with Gasteiger partial charge in [-0.3, -0.25) is 0 Å². The highest BCUT2D eigenvalue weighted by Gasteiger charge is 2.25. The molecule has 0 saturated heterocycles. The predicted molar refractivity (Wildman–Crippen MR) is 117 cm³/mol. The van der Waals surface area contributed by atoms with Gasteiger partial charge >= 0.3 is 0 Å². The molecule has 29 heavy (non-hydrogen) atoms. The summed E-state index contributed by atoms with van der Waals surface area (Å²) in [5, 5.41) is 4.65. The van der Waals surface area contributed by atoms with Crippen molar-refractivity contribution in [1.29, 1.82) is 0 Å². The zero-order valence-electron chi connectivity index (χ0n) is 16.3. The third-order valence-electron chi connectivity index (χ3n) is 5.73. The van der Waals surface area contributed by atoms with Gasteiger partial charge in [-0.25, -0.2) is 9.97 Å². The standard InChI is InChI=1S/C23H25N3O2S/c1-2-6-21-20(5-1)26-23(29-21)25-17-7-9-18(10-8-17)28-22-19(4-3-13-24-22)16-11-14-27-15-12-16/h1-6,11,13-14,16-18H,7-10,12,15H2,(H,25,26)/t16?,17-,18-. The van der Waals surface area contributed by atoms with Crippen molar-refractivity contribution >= 4 is 26.7 Å². The molecule has 1 saturated carbocycles. The molecule has 2 aromatic heterocycles. The van der Waals surface area contributed by atoms with Crippen LogP contribution in [0.1, 0.15) is 43.6 Å². The van der Waals surface area contributed by atoms with Gasteiger partial charge in [-0.05, 0) is 56.4 Å². The van der Waals surface area contributed by atoms with E-state index in [1.165, 1.54) is 10.3 Å². The number of rotatable bonds is 5. The Labute approximate surface area is 174 Å². The van der Waals surface area contributed by atoms with E-state index < -0.39 is 0 Å². The first-order valence-electron chi connectivity index (χ1n) is 10.4. The van der Waals surface area contributed by atoms with Crippen LogP contribution < -0.4 is 10.1 Å². The highest BCUT2D eigenvalue weighted by atomic mass is 32.1. The van der Waals surface area contributed by atoms with Crippen molar-refractivity contribution in [3.8, 4) is 5.88 Å². The lowest BCUT2D eigenvalue weighted by Crippen LogP contribution is -2.31. The average molecular weight is 408 g/mol. The van der Waals surface area contributed by atoms with Crippen LogP contribution in [0.5, 0.6) is 5.88 Å². The molecule has 5 rings (SSSR count). The molecule has 1 fully saturated rings. The number of nitrogens with zero attached hydrogens (tertiary/aromatic N) is 2. The summed E-state index contributed by atoms with van der Waals surface area (Å²) in [6, 6.07) is 12.9. The predicted octanol–water partition coefficient (Wildman–Crippen LogP) is 5.51. The lowest BCUT2D eigenvalue weighted by Gasteiger charge is -2.30. The molecule has 1 unspecified atom stereocenters. The summed E-state index contributed by atoms with van der Waals surface area (Å²) in [6.07, 6.45) is 11.1. The Morgan fingerprint density at radius 2 is 1.93 bits per heavy atom. The summed E-state index contributed by atoms with van der Waals surface area (Å²) in [5.74, 6) is 1.11. The van der Waals surface area contributed by atoms with E-state index in [2.05, 4.69) is 40.6 Å². The van der Waals surface area contributed by atoms with Gasteiger partial charge in [0.25, 0.3) is 0 Å². The maximum atomic E-state index is 6.36. The van der Waals surface area contributed by atoms with Gasteiger partial charge in [-0.15, -0.1) is 0 Å². The molecule has 0 bridgehead atoms. The molecule has 1 N–H and O–H groups in total. The quantitative estimate of drug-likeness (QED) is 0.604. The van der Waals surface area contributed by atoms with Gasteiger partial charge in [-0.1, -0.05) is 29.5 Å². The van der Waals surface area contributed by atoms with Crippen LogP contribution in [0.4, 0.5) is 5.13 Å². The van der Waals surface area contributed by atoms with E-state index >= 15 is 0 Å². The average Bonchev–Trinajstić information content (AvgIpc) is 3.18. The number of aromatic nitrogens is 2. The van der Waals surface area contributed by atoms with Crippen molar-refractivity contribution < 1.29 is 9.47 Å². The monoisotopic (exact) mass is 407 g/mol. The third-order valence-corrected chi connectivity index (χ3v) is 6.70. The van der Waals surface area contributed by atoms with Gasteiger partial charge in [0.15, 0.2) is 5.13 Å². The van der Waals surface area contributed by atoms with E-state index in [4.69, 9.17) is 14.5 Å². The topological polar surface area (TPSA) is 56.3 Å². The van der Waals surface area contributed by atoms with Crippen LogP contribution in [0, 0.1) is 0 Å². The molecule has 1 aromatic carbocycles. The summed E-state index contributed by atoms with van der Waals surface area (Å²) in [6.45, 7) is 0.748. The molecule has 5 nitrogen and oxygen atoms in total. The molecular weight excluding hydrogens is 382 g/mol. The minimum atomic E-state index is 0.223. The van der Waals surface area contributed by atoms with Crippen LogP contribution in [-0.2, 0) is 4.74 Å². The van der Waals surface area contributed by atoms with E-state index in [1.807, 2.05) is 18.3 Å². The number of thiazole rings is 1. The van der Waals surface area contributed by atoms with E-state index in [1.54, 1.807) is 17.6 Å². The zero-order valence-corrected chi connectivity index (χ0v) is 17.1. The molecule has 0 spiro atoms. The molecule has 150 valence electrons. The van der Waals surface area contributed by atoms with Gasteiger partial charge < -0.3 is 14.8 Å². The fourth-order valence-electron chi connectivity index (χ4n) is 4.14. The highest BCUT2D eigenvalue weighted by molar-refractivity contribution is 7.22. The number of fused-ring (bicyclic) bond motifs is 1. The number of para-hydroxylation sites is 1. The number of nitrogens with one attached hydrogen (secondary N) is 1. The second-order valence-corrected chi connectivity index (χ2v) is 8.75. The van der Waals surface area contributed by atoms with Crippen LogP contribution in [0.15, 0.2) is 54.9 Å². The summed E-state index contributed by atoms with van der Waals surface area (Å²) >= 11 is 1.73.